The zero-order chi connectivity index (χ0) is 16.4. The van der Waals surface area contributed by atoms with E-state index in [1.165, 1.54) is 38.3 Å². The van der Waals surface area contributed by atoms with Crippen molar-refractivity contribution < 1.29 is 0 Å². The summed E-state index contributed by atoms with van der Waals surface area (Å²) in [5.74, 6) is 0. The van der Waals surface area contributed by atoms with Gasteiger partial charge in [0.25, 0.3) is 0 Å². The summed E-state index contributed by atoms with van der Waals surface area (Å²) >= 11 is 1.78. The molecule has 116 valence electrons. The van der Waals surface area contributed by atoms with Gasteiger partial charge in [-0.3, -0.25) is 0 Å². The second-order valence-electron chi connectivity index (χ2n) is 6.00. The van der Waals surface area contributed by atoms with Crippen LogP contribution in [-0.2, 0) is 0 Å². The first-order valence-corrected chi connectivity index (χ1v) is 8.99. The van der Waals surface area contributed by atoms with Crippen molar-refractivity contribution in [2.75, 3.05) is 0 Å². The maximum atomic E-state index is 2.20. The molecule has 0 amide bonds. The molecule has 4 rings (SSSR count). The third kappa shape index (κ3) is 3.04. The Morgan fingerprint density at radius 3 is 1.33 bits per heavy atom. The molecule has 0 nitrogen and oxygen atoms in total. The molecule has 0 spiro atoms. The van der Waals surface area contributed by atoms with E-state index in [4.69, 9.17) is 0 Å². The van der Waals surface area contributed by atoms with Crippen LogP contribution in [0.4, 0.5) is 0 Å². The van der Waals surface area contributed by atoms with E-state index in [0.29, 0.717) is 0 Å². The van der Waals surface area contributed by atoms with Crippen molar-refractivity contribution >= 4 is 11.3 Å². The van der Waals surface area contributed by atoms with E-state index in [1.807, 2.05) is 0 Å². The Hall–Kier alpha value is -2.64. The minimum Gasteiger partial charge on any atom is -0.144 e. The van der Waals surface area contributed by atoms with Gasteiger partial charge in [-0.2, -0.15) is 0 Å². The normalized spacial score (nSPS) is 10.7. The molecular weight excluding hydrogens is 308 g/mol. The fourth-order valence-corrected chi connectivity index (χ4v) is 3.60. The minimum atomic E-state index is 1.25. The Morgan fingerprint density at radius 2 is 0.917 bits per heavy atom. The topological polar surface area (TPSA) is 0 Å². The zero-order valence-corrected chi connectivity index (χ0v) is 14.4. The van der Waals surface area contributed by atoms with Crippen LogP contribution in [0.1, 0.15) is 5.56 Å². The smallest absolute Gasteiger partial charge is 0.0342 e. The number of thiophene rings is 1. The monoisotopic (exact) mass is 326 g/mol. The van der Waals surface area contributed by atoms with Crippen molar-refractivity contribution in [3.63, 3.8) is 0 Å². The molecule has 0 radical (unpaired) electrons. The highest BCUT2D eigenvalue weighted by Gasteiger charge is 2.02. The lowest BCUT2D eigenvalue weighted by Gasteiger charge is -2.06. The van der Waals surface area contributed by atoms with Crippen LogP contribution in [0.3, 0.4) is 0 Å². The molecule has 0 saturated carbocycles. The summed E-state index contributed by atoms with van der Waals surface area (Å²) in [6, 6.07) is 30.6. The lowest BCUT2D eigenvalue weighted by atomic mass is 9.99. The molecule has 1 aromatic heterocycles. The minimum absolute atomic E-state index is 1.25. The Balaban J connectivity index is 1.59. The van der Waals surface area contributed by atoms with Gasteiger partial charge in [-0.25, -0.2) is 0 Å². The van der Waals surface area contributed by atoms with E-state index in [-0.39, 0.29) is 0 Å². The summed E-state index contributed by atoms with van der Waals surface area (Å²) in [6.45, 7) is 2.12. The van der Waals surface area contributed by atoms with Crippen LogP contribution in [-0.4, -0.2) is 0 Å². The molecule has 4 aromatic rings. The van der Waals surface area contributed by atoms with Crippen molar-refractivity contribution in [2.45, 2.75) is 6.92 Å². The summed E-state index contributed by atoms with van der Waals surface area (Å²) in [7, 11) is 0. The lowest BCUT2D eigenvalue weighted by Crippen LogP contribution is -1.81. The maximum Gasteiger partial charge on any atom is 0.0342 e. The van der Waals surface area contributed by atoms with Crippen molar-refractivity contribution in [1.82, 2.24) is 0 Å². The lowest BCUT2D eigenvalue weighted by molar-refractivity contribution is 1.47. The van der Waals surface area contributed by atoms with Gasteiger partial charge in [0.05, 0.1) is 0 Å². The SMILES string of the molecule is Cc1ccc(-c2ccc(-c3ccc(-c4cccs4)cc3)cc2)cc1. The molecule has 0 aliphatic heterocycles. The first kappa shape index (κ1) is 14.9. The predicted molar refractivity (Wildman–Crippen MR) is 105 cm³/mol. The van der Waals surface area contributed by atoms with Crippen molar-refractivity contribution in [1.29, 1.82) is 0 Å². The first-order chi connectivity index (χ1) is 11.8. The second-order valence-corrected chi connectivity index (χ2v) is 6.95. The summed E-state index contributed by atoms with van der Waals surface area (Å²) < 4.78 is 0. The summed E-state index contributed by atoms with van der Waals surface area (Å²) in [5.41, 5.74) is 7.61. The van der Waals surface area contributed by atoms with Crippen LogP contribution >= 0.6 is 11.3 Å². The average Bonchev–Trinajstić information content (AvgIpc) is 3.17. The van der Waals surface area contributed by atoms with Gasteiger partial charge in [0.15, 0.2) is 0 Å². The molecule has 3 aromatic carbocycles. The highest BCUT2D eigenvalue weighted by molar-refractivity contribution is 7.13. The van der Waals surface area contributed by atoms with Gasteiger partial charge >= 0.3 is 0 Å². The van der Waals surface area contributed by atoms with E-state index >= 15 is 0 Å². The Kier molecular flexibility index (Phi) is 4.02. The quantitative estimate of drug-likeness (QED) is 0.378. The van der Waals surface area contributed by atoms with Crippen LogP contribution in [0.25, 0.3) is 32.7 Å². The molecule has 24 heavy (non-hydrogen) atoms. The molecular formula is C23H18S. The van der Waals surface area contributed by atoms with Crippen molar-refractivity contribution in [2.24, 2.45) is 0 Å². The van der Waals surface area contributed by atoms with Crippen LogP contribution in [0.5, 0.6) is 0 Å². The third-order valence-electron chi connectivity index (χ3n) is 4.29. The predicted octanol–water partition coefficient (Wildman–Crippen LogP) is 7.06. The molecule has 0 bridgehead atoms. The van der Waals surface area contributed by atoms with Crippen molar-refractivity contribution in [3.05, 3.63) is 95.9 Å². The number of benzene rings is 3. The summed E-state index contributed by atoms with van der Waals surface area (Å²) in [5, 5.41) is 2.12. The molecule has 0 aliphatic rings. The van der Waals surface area contributed by atoms with E-state index in [2.05, 4.69) is 97.2 Å². The molecule has 0 unspecified atom stereocenters. The highest BCUT2D eigenvalue weighted by Crippen LogP contribution is 2.29. The number of aryl methyl sites for hydroxylation is 1. The highest BCUT2D eigenvalue weighted by atomic mass is 32.1. The van der Waals surface area contributed by atoms with Crippen LogP contribution in [0.2, 0.25) is 0 Å². The molecule has 0 fully saturated rings. The Morgan fingerprint density at radius 1 is 0.500 bits per heavy atom. The molecule has 1 heteroatoms. The van der Waals surface area contributed by atoms with E-state index in [1.54, 1.807) is 11.3 Å². The summed E-state index contributed by atoms with van der Waals surface area (Å²) in [6.07, 6.45) is 0. The fourth-order valence-electron chi connectivity index (χ4n) is 2.87. The third-order valence-corrected chi connectivity index (χ3v) is 5.21. The van der Waals surface area contributed by atoms with Gasteiger partial charge in [0.2, 0.25) is 0 Å². The number of hydrogen-bond donors (Lipinski definition) is 0. The fraction of sp³-hybridized carbons (Fsp3) is 0.0435. The molecule has 0 aliphatic carbocycles. The van der Waals surface area contributed by atoms with E-state index in [0.717, 1.165) is 0 Å². The number of hydrogen-bond acceptors (Lipinski definition) is 1. The average molecular weight is 326 g/mol. The van der Waals surface area contributed by atoms with Gasteiger partial charge in [-0.1, -0.05) is 84.4 Å². The second kappa shape index (κ2) is 6.46. The van der Waals surface area contributed by atoms with Crippen molar-refractivity contribution in [3.8, 4) is 32.7 Å². The molecule has 1 heterocycles. The van der Waals surface area contributed by atoms with E-state index in [9.17, 15) is 0 Å². The van der Waals surface area contributed by atoms with Gasteiger partial charge < -0.3 is 0 Å². The number of rotatable bonds is 3. The van der Waals surface area contributed by atoms with Gasteiger partial charge in [0, 0.05) is 4.88 Å². The Labute approximate surface area is 147 Å². The van der Waals surface area contributed by atoms with Gasteiger partial charge in [-0.15, -0.1) is 11.3 Å². The standard InChI is InChI=1S/C23H18S/c1-17-4-6-18(7-5-17)19-8-10-20(11-9-19)21-12-14-22(15-13-21)23-3-2-16-24-23/h2-16H,1H3. The largest absolute Gasteiger partial charge is 0.144 e. The molecule has 0 atom stereocenters. The Bertz CT molecular complexity index is 913. The van der Waals surface area contributed by atoms with Gasteiger partial charge in [-0.05, 0) is 46.2 Å². The van der Waals surface area contributed by atoms with Crippen LogP contribution in [0.15, 0.2) is 90.3 Å². The molecule has 0 saturated heterocycles. The first-order valence-electron chi connectivity index (χ1n) is 8.11. The zero-order valence-electron chi connectivity index (χ0n) is 13.6. The summed E-state index contributed by atoms with van der Waals surface area (Å²) in [4.78, 5) is 1.32. The van der Waals surface area contributed by atoms with E-state index < -0.39 is 0 Å². The van der Waals surface area contributed by atoms with Crippen LogP contribution in [0, 0.1) is 6.92 Å². The maximum absolute atomic E-state index is 2.20. The molecule has 0 N–H and O–H groups in total. The van der Waals surface area contributed by atoms with Crippen LogP contribution < -0.4 is 0 Å². The van der Waals surface area contributed by atoms with Gasteiger partial charge in [0.1, 0.15) is 0 Å².